The number of anilines is 2. The van der Waals surface area contributed by atoms with Crippen molar-refractivity contribution in [1.82, 2.24) is 20.2 Å². The zero-order valence-electron chi connectivity index (χ0n) is 23.4. The highest BCUT2D eigenvalue weighted by Gasteiger charge is 2.31. The van der Waals surface area contributed by atoms with Crippen molar-refractivity contribution in [3.8, 4) is 16.9 Å². The Bertz CT molecular complexity index is 1700. The summed E-state index contributed by atoms with van der Waals surface area (Å²) in [6.07, 6.45) is -4.03. The number of amides is 2. The van der Waals surface area contributed by atoms with E-state index in [0.717, 1.165) is 11.1 Å². The van der Waals surface area contributed by atoms with E-state index in [1.54, 1.807) is 17.0 Å². The van der Waals surface area contributed by atoms with Crippen molar-refractivity contribution in [2.75, 3.05) is 42.9 Å². The monoisotopic (exact) mass is 608 g/mol. The molecule has 2 fully saturated rings. The van der Waals surface area contributed by atoms with Crippen LogP contribution in [0.25, 0.3) is 22.0 Å². The van der Waals surface area contributed by atoms with Crippen LogP contribution in [0.3, 0.4) is 0 Å². The Morgan fingerprint density at radius 2 is 1.84 bits per heavy atom. The molecule has 13 heteroatoms. The van der Waals surface area contributed by atoms with E-state index in [1.807, 2.05) is 23.1 Å². The first-order chi connectivity index (χ1) is 21.1. The largest absolute Gasteiger partial charge is 0.573 e. The lowest BCUT2D eigenvalue weighted by molar-refractivity contribution is -0.274. The Labute approximate surface area is 249 Å². The van der Waals surface area contributed by atoms with Crippen LogP contribution in [-0.4, -0.2) is 71.8 Å². The van der Waals surface area contributed by atoms with E-state index in [1.165, 1.54) is 36.4 Å². The van der Waals surface area contributed by atoms with Gasteiger partial charge in [0.2, 0.25) is 17.8 Å². The maximum atomic E-state index is 14.1. The Kier molecular flexibility index (Phi) is 7.93. The lowest BCUT2D eigenvalue weighted by atomic mass is 9.97. The lowest BCUT2D eigenvalue weighted by Crippen LogP contribution is -2.48. The predicted octanol–water partition coefficient (Wildman–Crippen LogP) is 4.53. The normalized spacial score (nSPS) is 17.1. The van der Waals surface area contributed by atoms with Crippen molar-refractivity contribution in [3.05, 3.63) is 78.1 Å². The van der Waals surface area contributed by atoms with Gasteiger partial charge in [-0.25, -0.2) is 9.37 Å². The summed E-state index contributed by atoms with van der Waals surface area (Å²) < 4.78 is 55.7. The number of likely N-dealkylation sites (tertiary alicyclic amines) is 1. The number of hydrogen-bond donors (Lipinski definition) is 2. The first-order valence-electron chi connectivity index (χ1n) is 14.1. The minimum absolute atomic E-state index is 0.0970. The summed E-state index contributed by atoms with van der Waals surface area (Å²) in [5.41, 5.74) is 2.55. The van der Waals surface area contributed by atoms with Gasteiger partial charge in [-0.1, -0.05) is 36.4 Å². The lowest BCUT2D eigenvalue weighted by Gasteiger charge is -2.29. The third-order valence-corrected chi connectivity index (χ3v) is 7.61. The molecular weight excluding hydrogens is 580 g/mol. The molecule has 0 aliphatic carbocycles. The second-order valence-electron chi connectivity index (χ2n) is 10.7. The highest BCUT2D eigenvalue weighted by atomic mass is 19.4. The Balaban J connectivity index is 1.14. The van der Waals surface area contributed by atoms with Gasteiger partial charge in [0.25, 0.3) is 0 Å². The van der Waals surface area contributed by atoms with Crippen LogP contribution in [0.4, 0.5) is 29.3 Å². The van der Waals surface area contributed by atoms with E-state index in [2.05, 4.69) is 25.3 Å². The van der Waals surface area contributed by atoms with Crippen molar-refractivity contribution in [3.63, 3.8) is 0 Å². The van der Waals surface area contributed by atoms with Crippen molar-refractivity contribution in [2.24, 2.45) is 0 Å². The molecule has 1 unspecified atom stereocenters. The molecule has 2 saturated heterocycles. The van der Waals surface area contributed by atoms with Gasteiger partial charge in [-0.05, 0) is 47.4 Å². The number of hydrogen-bond acceptors (Lipinski definition) is 7. The molecule has 3 heterocycles. The molecule has 4 aromatic rings. The summed E-state index contributed by atoms with van der Waals surface area (Å²) in [6.45, 7) is 2.05. The Hall–Kier alpha value is -4.94. The van der Waals surface area contributed by atoms with Gasteiger partial charge in [-0.15, -0.1) is 13.2 Å². The van der Waals surface area contributed by atoms with Crippen molar-refractivity contribution in [2.45, 2.75) is 25.2 Å². The first-order valence-corrected chi connectivity index (χ1v) is 14.1. The zero-order valence-corrected chi connectivity index (χ0v) is 23.4. The zero-order chi connectivity index (χ0) is 30.8. The summed E-state index contributed by atoms with van der Waals surface area (Å²) in [5.74, 6) is -0.161. The van der Waals surface area contributed by atoms with Crippen LogP contribution in [-0.2, 0) is 16.0 Å². The fourth-order valence-electron chi connectivity index (χ4n) is 5.57. The summed E-state index contributed by atoms with van der Waals surface area (Å²) in [4.78, 5) is 38.2. The highest BCUT2D eigenvalue weighted by molar-refractivity contribution is 5.93. The van der Waals surface area contributed by atoms with Crippen LogP contribution in [0.2, 0.25) is 0 Å². The van der Waals surface area contributed by atoms with Gasteiger partial charge in [0.1, 0.15) is 17.4 Å². The molecule has 0 spiro atoms. The van der Waals surface area contributed by atoms with Crippen LogP contribution < -0.4 is 20.3 Å². The third kappa shape index (κ3) is 6.66. The number of carbonyl (C=O) groups is 2. The van der Waals surface area contributed by atoms with Gasteiger partial charge in [0.05, 0.1) is 18.5 Å². The number of rotatable bonds is 7. The molecule has 2 aliphatic rings. The Morgan fingerprint density at radius 3 is 2.61 bits per heavy atom. The van der Waals surface area contributed by atoms with Crippen LogP contribution in [0, 0.1) is 5.82 Å². The van der Waals surface area contributed by atoms with Crippen LogP contribution >= 0.6 is 0 Å². The van der Waals surface area contributed by atoms with Crippen molar-refractivity contribution < 1.29 is 31.9 Å². The number of nitrogens with one attached hydrogen (secondary N) is 2. The maximum absolute atomic E-state index is 14.1. The SMILES string of the molecule is O=C1CN(c2nc(NC3CCN(C(=O)Cc4ccccc4-c4ccc(OC(F)(F)F)cc4)C3)nc3cc(F)ccc23)CCN1. The number of aromatic nitrogens is 2. The van der Waals surface area contributed by atoms with E-state index in [-0.39, 0.29) is 42.5 Å². The Morgan fingerprint density at radius 1 is 1.05 bits per heavy atom. The number of carbonyl (C=O) groups excluding carboxylic acids is 2. The van der Waals surface area contributed by atoms with E-state index in [9.17, 15) is 27.2 Å². The van der Waals surface area contributed by atoms with Gasteiger partial charge >= 0.3 is 6.36 Å². The second kappa shape index (κ2) is 12.0. The highest BCUT2D eigenvalue weighted by Crippen LogP contribution is 2.30. The second-order valence-corrected chi connectivity index (χ2v) is 10.7. The molecule has 228 valence electrons. The number of ether oxygens (including phenoxy) is 1. The van der Waals surface area contributed by atoms with Crippen molar-refractivity contribution in [1.29, 1.82) is 0 Å². The average molecular weight is 609 g/mol. The predicted molar refractivity (Wildman–Crippen MR) is 156 cm³/mol. The molecule has 0 bridgehead atoms. The molecule has 44 heavy (non-hydrogen) atoms. The number of piperazine rings is 1. The fraction of sp³-hybridized carbons (Fsp3) is 0.290. The molecule has 0 radical (unpaired) electrons. The third-order valence-electron chi connectivity index (χ3n) is 7.61. The van der Waals surface area contributed by atoms with Crippen molar-refractivity contribution >= 4 is 34.5 Å². The standard InChI is InChI=1S/C31H28F4N6O3/c32-21-7-10-25-26(16-21)38-30(39-29(25)41-14-12-36-27(42)18-41)37-22-11-13-40(17-22)28(43)15-20-3-1-2-4-24(20)19-5-8-23(9-6-19)44-31(33,34)35/h1-10,16,22H,11-15,17-18H2,(H,36,42)(H,37,38,39). The number of benzene rings is 3. The molecule has 2 amide bonds. The fourth-order valence-corrected chi connectivity index (χ4v) is 5.57. The molecule has 3 aromatic carbocycles. The van der Waals surface area contributed by atoms with Gasteiger partial charge < -0.3 is 25.2 Å². The van der Waals surface area contributed by atoms with E-state index < -0.39 is 12.2 Å². The summed E-state index contributed by atoms with van der Waals surface area (Å²) >= 11 is 0. The van der Waals surface area contributed by atoms with Gasteiger partial charge in [-0.2, -0.15) is 4.98 Å². The number of fused-ring (bicyclic) bond motifs is 1. The van der Waals surface area contributed by atoms with E-state index in [0.29, 0.717) is 54.9 Å². The first kappa shape index (κ1) is 29.1. The summed E-state index contributed by atoms with van der Waals surface area (Å²) in [6, 6.07) is 16.9. The molecule has 2 N–H and O–H groups in total. The molecule has 1 atom stereocenters. The minimum atomic E-state index is -4.78. The molecular formula is C31H28F4N6O3. The smallest absolute Gasteiger partial charge is 0.406 e. The maximum Gasteiger partial charge on any atom is 0.573 e. The topological polar surface area (TPSA) is 99.7 Å². The van der Waals surface area contributed by atoms with Crippen LogP contribution in [0.5, 0.6) is 5.75 Å². The molecule has 2 aliphatic heterocycles. The number of nitrogens with zero attached hydrogens (tertiary/aromatic N) is 4. The number of alkyl halides is 3. The average Bonchev–Trinajstić information content (AvgIpc) is 3.45. The van der Waals surface area contributed by atoms with E-state index >= 15 is 0 Å². The molecule has 1 aromatic heterocycles. The van der Waals surface area contributed by atoms with Gasteiger partial charge in [-0.3, -0.25) is 9.59 Å². The van der Waals surface area contributed by atoms with Crippen LogP contribution in [0.15, 0.2) is 66.7 Å². The van der Waals surface area contributed by atoms with Crippen LogP contribution in [0.1, 0.15) is 12.0 Å². The molecule has 0 saturated carbocycles. The minimum Gasteiger partial charge on any atom is -0.406 e. The number of halogens is 4. The van der Waals surface area contributed by atoms with E-state index in [4.69, 9.17) is 0 Å². The quantitative estimate of drug-likeness (QED) is 0.298. The molecule has 6 rings (SSSR count). The molecule has 9 nitrogen and oxygen atoms in total. The summed E-state index contributed by atoms with van der Waals surface area (Å²) in [7, 11) is 0. The van der Waals surface area contributed by atoms with Gasteiger partial charge in [0, 0.05) is 43.7 Å². The van der Waals surface area contributed by atoms with Gasteiger partial charge in [0.15, 0.2) is 0 Å². The summed E-state index contributed by atoms with van der Waals surface area (Å²) in [5, 5.41) is 6.72.